The van der Waals surface area contributed by atoms with Crippen LogP contribution in [0, 0.1) is 0 Å². The van der Waals surface area contributed by atoms with Gasteiger partial charge in [-0.1, -0.05) is 29.8 Å². The second kappa shape index (κ2) is 8.54. The number of nitrogens with zero attached hydrogens (tertiary/aromatic N) is 1. The molecule has 1 unspecified atom stereocenters. The molecule has 0 spiro atoms. The fraction of sp³-hybridized carbons (Fsp3) is 0.600. The Balaban J connectivity index is 2.65. The number of likely N-dealkylation sites (N-methyl/N-ethyl adjacent to an activating group) is 1. The van der Waals surface area contributed by atoms with E-state index in [1.165, 1.54) is 0 Å². The zero-order valence-corrected chi connectivity index (χ0v) is 13.0. The standard InChI is InChI=1S/C15H24ClNO2/c1-5-18-15(19-6-2)11-17(4)12(3)13-9-7-8-10-14(13)16/h7-10,12,15H,5-6,11H2,1-4H3. The number of ether oxygens (including phenoxy) is 2. The quantitative estimate of drug-likeness (QED) is 0.679. The normalized spacial score (nSPS) is 13.2. The van der Waals surface area contributed by atoms with E-state index in [1.54, 1.807) is 0 Å². The third-order valence-electron chi connectivity index (χ3n) is 3.16. The van der Waals surface area contributed by atoms with Crippen LogP contribution in [-0.4, -0.2) is 38.0 Å². The SMILES string of the molecule is CCOC(CN(C)C(C)c1ccccc1Cl)OCC. The molecule has 19 heavy (non-hydrogen) atoms. The maximum absolute atomic E-state index is 6.23. The van der Waals surface area contributed by atoms with Crippen LogP contribution in [0.3, 0.4) is 0 Å². The van der Waals surface area contributed by atoms with Crippen molar-refractivity contribution in [2.75, 3.05) is 26.8 Å². The number of rotatable bonds is 8. The van der Waals surface area contributed by atoms with Crippen LogP contribution < -0.4 is 0 Å². The van der Waals surface area contributed by atoms with Gasteiger partial charge in [-0.05, 0) is 39.4 Å². The van der Waals surface area contributed by atoms with Crippen LogP contribution in [0.2, 0.25) is 5.02 Å². The summed E-state index contributed by atoms with van der Waals surface area (Å²) in [5.41, 5.74) is 1.12. The molecule has 1 rings (SSSR count). The van der Waals surface area contributed by atoms with Crippen LogP contribution in [-0.2, 0) is 9.47 Å². The molecule has 4 heteroatoms. The molecule has 0 radical (unpaired) electrons. The Hall–Kier alpha value is -0.610. The Morgan fingerprint density at radius 3 is 2.26 bits per heavy atom. The summed E-state index contributed by atoms with van der Waals surface area (Å²) in [6, 6.07) is 8.15. The Bertz CT molecular complexity index is 367. The van der Waals surface area contributed by atoms with Gasteiger partial charge in [-0.3, -0.25) is 4.90 Å². The van der Waals surface area contributed by atoms with E-state index in [2.05, 4.69) is 24.9 Å². The lowest BCUT2D eigenvalue weighted by Gasteiger charge is -2.29. The van der Waals surface area contributed by atoms with Crippen LogP contribution in [0.1, 0.15) is 32.4 Å². The van der Waals surface area contributed by atoms with Gasteiger partial charge in [0.1, 0.15) is 0 Å². The highest BCUT2D eigenvalue weighted by Gasteiger charge is 2.18. The molecule has 0 saturated heterocycles. The first kappa shape index (κ1) is 16.4. The van der Waals surface area contributed by atoms with E-state index in [-0.39, 0.29) is 12.3 Å². The molecule has 0 aliphatic rings. The van der Waals surface area contributed by atoms with Gasteiger partial charge < -0.3 is 9.47 Å². The highest BCUT2D eigenvalue weighted by Crippen LogP contribution is 2.26. The minimum atomic E-state index is -0.190. The molecule has 3 nitrogen and oxygen atoms in total. The van der Waals surface area contributed by atoms with Crippen LogP contribution >= 0.6 is 11.6 Å². The summed E-state index contributed by atoms with van der Waals surface area (Å²) >= 11 is 6.23. The summed E-state index contributed by atoms with van der Waals surface area (Å²) < 4.78 is 11.1. The lowest BCUT2D eigenvalue weighted by atomic mass is 10.1. The maximum Gasteiger partial charge on any atom is 0.170 e. The first-order valence-corrected chi connectivity index (χ1v) is 7.15. The fourth-order valence-electron chi connectivity index (χ4n) is 1.97. The number of hydrogen-bond acceptors (Lipinski definition) is 3. The third kappa shape index (κ3) is 5.11. The minimum absolute atomic E-state index is 0.190. The van der Waals surface area contributed by atoms with Gasteiger partial charge in [0.25, 0.3) is 0 Å². The van der Waals surface area contributed by atoms with Crippen LogP contribution in [0.4, 0.5) is 0 Å². The van der Waals surface area contributed by atoms with E-state index in [4.69, 9.17) is 21.1 Å². The van der Waals surface area contributed by atoms with Crippen molar-refractivity contribution in [2.45, 2.75) is 33.1 Å². The highest BCUT2D eigenvalue weighted by atomic mass is 35.5. The van der Waals surface area contributed by atoms with E-state index < -0.39 is 0 Å². The van der Waals surface area contributed by atoms with Crippen molar-refractivity contribution in [3.05, 3.63) is 34.9 Å². The molecule has 1 atom stereocenters. The first-order valence-electron chi connectivity index (χ1n) is 6.78. The zero-order chi connectivity index (χ0) is 14.3. The number of benzene rings is 1. The van der Waals surface area contributed by atoms with E-state index >= 15 is 0 Å². The average molecular weight is 286 g/mol. The Labute approximate surface area is 121 Å². The van der Waals surface area contributed by atoms with Crippen molar-refractivity contribution in [3.8, 4) is 0 Å². The van der Waals surface area contributed by atoms with Gasteiger partial charge >= 0.3 is 0 Å². The molecule has 1 aromatic rings. The molecule has 0 aliphatic heterocycles. The highest BCUT2D eigenvalue weighted by molar-refractivity contribution is 6.31. The van der Waals surface area contributed by atoms with Gasteiger partial charge in [-0.25, -0.2) is 0 Å². The van der Waals surface area contributed by atoms with Crippen LogP contribution in [0.25, 0.3) is 0 Å². The van der Waals surface area contributed by atoms with Crippen molar-refractivity contribution in [1.82, 2.24) is 4.90 Å². The van der Waals surface area contributed by atoms with Crippen molar-refractivity contribution >= 4 is 11.6 Å². The molecule has 0 fully saturated rings. The molecule has 0 N–H and O–H groups in total. The molecular formula is C15H24ClNO2. The Kier molecular flexibility index (Phi) is 7.39. The molecule has 1 aromatic carbocycles. The van der Waals surface area contributed by atoms with Gasteiger partial charge in [-0.15, -0.1) is 0 Å². The van der Waals surface area contributed by atoms with Crippen molar-refractivity contribution in [2.24, 2.45) is 0 Å². The lowest BCUT2D eigenvalue weighted by molar-refractivity contribution is -0.147. The Morgan fingerprint density at radius 2 is 1.74 bits per heavy atom. The molecule has 0 aliphatic carbocycles. The molecular weight excluding hydrogens is 262 g/mol. The topological polar surface area (TPSA) is 21.7 Å². The molecule has 0 amide bonds. The molecule has 108 valence electrons. The van der Waals surface area contributed by atoms with Gasteiger partial charge in [0, 0.05) is 30.8 Å². The molecule has 0 heterocycles. The summed E-state index contributed by atoms with van der Waals surface area (Å²) in [4.78, 5) is 2.19. The first-order chi connectivity index (χ1) is 9.10. The van der Waals surface area contributed by atoms with Crippen LogP contribution in [0.5, 0.6) is 0 Å². The van der Waals surface area contributed by atoms with E-state index in [0.29, 0.717) is 19.8 Å². The maximum atomic E-state index is 6.23. The smallest absolute Gasteiger partial charge is 0.170 e. The van der Waals surface area contributed by atoms with Crippen molar-refractivity contribution in [1.29, 1.82) is 0 Å². The fourth-order valence-corrected chi connectivity index (χ4v) is 2.26. The van der Waals surface area contributed by atoms with Crippen LogP contribution in [0.15, 0.2) is 24.3 Å². The summed E-state index contributed by atoms with van der Waals surface area (Å²) in [5.74, 6) is 0. The predicted molar refractivity (Wildman–Crippen MR) is 79.5 cm³/mol. The van der Waals surface area contributed by atoms with Gasteiger partial charge in [0.2, 0.25) is 0 Å². The third-order valence-corrected chi connectivity index (χ3v) is 3.50. The van der Waals surface area contributed by atoms with E-state index in [9.17, 15) is 0 Å². The summed E-state index contributed by atoms with van der Waals surface area (Å²) in [7, 11) is 2.05. The van der Waals surface area contributed by atoms with Crippen molar-refractivity contribution in [3.63, 3.8) is 0 Å². The van der Waals surface area contributed by atoms with Gasteiger partial charge in [-0.2, -0.15) is 0 Å². The van der Waals surface area contributed by atoms with E-state index in [1.807, 2.05) is 32.0 Å². The average Bonchev–Trinajstić information content (AvgIpc) is 2.39. The summed E-state index contributed by atoms with van der Waals surface area (Å²) in [5, 5.41) is 0.797. The predicted octanol–water partition coefficient (Wildman–Crippen LogP) is 3.73. The minimum Gasteiger partial charge on any atom is -0.352 e. The molecule has 0 bridgehead atoms. The van der Waals surface area contributed by atoms with Crippen molar-refractivity contribution < 1.29 is 9.47 Å². The molecule has 0 aromatic heterocycles. The summed E-state index contributed by atoms with van der Waals surface area (Å²) in [6.07, 6.45) is -0.190. The number of halogens is 1. The number of hydrogen-bond donors (Lipinski definition) is 0. The van der Waals surface area contributed by atoms with E-state index in [0.717, 1.165) is 10.6 Å². The lowest BCUT2D eigenvalue weighted by Crippen LogP contribution is -2.35. The second-order valence-corrected chi connectivity index (χ2v) is 4.88. The second-order valence-electron chi connectivity index (χ2n) is 4.48. The Morgan fingerprint density at radius 1 is 1.16 bits per heavy atom. The monoisotopic (exact) mass is 285 g/mol. The summed E-state index contributed by atoms with van der Waals surface area (Å²) in [6.45, 7) is 8.11. The molecule has 0 saturated carbocycles. The zero-order valence-electron chi connectivity index (χ0n) is 12.2. The largest absolute Gasteiger partial charge is 0.352 e. The van der Waals surface area contributed by atoms with Gasteiger partial charge in [0.15, 0.2) is 6.29 Å². The van der Waals surface area contributed by atoms with Gasteiger partial charge in [0.05, 0.1) is 0 Å².